The number of amides is 4. The van der Waals surface area contributed by atoms with Crippen molar-refractivity contribution in [2.75, 3.05) is 66.1 Å². The molecule has 0 aromatic carbocycles. The predicted molar refractivity (Wildman–Crippen MR) is 425 cm³/mol. The fourth-order valence-corrected chi connectivity index (χ4v) is 17.9. The number of rotatable bonds is 37. The van der Waals surface area contributed by atoms with Crippen molar-refractivity contribution in [3.63, 3.8) is 0 Å². The van der Waals surface area contributed by atoms with E-state index in [0.29, 0.717) is 0 Å². The number of hydrogen-bond donors (Lipinski definition) is 36. The molecule has 11 heterocycles. The Bertz CT molecular complexity index is 3870. The molecule has 0 aromatic rings. The maximum absolute atomic E-state index is 13.3. The Morgan fingerprint density at radius 3 is 1.09 bits per heavy atom. The number of hydrogen-bond acceptors (Lipinski definition) is 57. The summed E-state index contributed by atoms with van der Waals surface area (Å²) in [4.78, 5) is 64.8. The molecule has 4 amide bonds. The molecule has 11 aliphatic heterocycles. The monoisotopic (exact) mass is 2040 g/mol. The smallest absolute Gasteiger partial charge is 0.364 e. The van der Waals surface area contributed by atoms with Gasteiger partial charge in [-0.05, 0) is 6.92 Å². The summed E-state index contributed by atoms with van der Waals surface area (Å²) < 4.78 is 124. The number of aliphatic hydroxyl groups is 31. The quantitative estimate of drug-likeness (QED) is 0.0275. The third kappa shape index (κ3) is 25.3. The summed E-state index contributed by atoms with van der Waals surface area (Å²) >= 11 is 0. The van der Waals surface area contributed by atoms with Crippen molar-refractivity contribution in [3.05, 3.63) is 0 Å². The van der Waals surface area contributed by atoms with Crippen LogP contribution in [0.25, 0.3) is 0 Å². The van der Waals surface area contributed by atoms with Crippen LogP contribution in [0.15, 0.2) is 0 Å². The SMILES string of the molecule is CC(=O)N[C@@H]1[C@@H](O)[C@H](O[C@@H]2O[C@H](CO)[C@@H](O[C@@H]3O[C@H](CO[C@H]4O[C@H](CO[C@H]5O[C@H](CO)[C@@H](O)[C@H](O)[C@@H]5O)[C@@H](O)[C@H](O[C@H]5O[C@H](CO)[C@@H](O)[C@H](O)[C@@H]5O)[C@@H]4O)[C@@H](O)[C@H](O[C@H]4O[C@H](CO)[C@@H](O)[C@H](O)[C@@H]4O[C@@H]4O[C@H](CO)[C@@H](O[C@@H]5O[C@H](CO)[C@H](O)[C@H](O[C@]6(C(=O)O)C[C@H](O)[C@@H](NC(C)=O)[C@H]([C@H](O)[C@H](O)CO)O6)[C@H]5O)[C@H](O)[C@H]4NC(C)=O)[C@@H]3O)[C@H](O)[C@H]2NC(C)=O)[C@@H](CO[C@@H]2O[C@@H](C)[C@@H](O)[C@@H](O)[C@@H]2O)O[C@H]1O. The molecule has 11 fully saturated rings. The minimum Gasteiger partial charge on any atom is -0.477 e. The van der Waals surface area contributed by atoms with E-state index in [4.69, 9.17) is 99.5 Å². The molecule has 36 N–H and O–H groups in total. The summed E-state index contributed by atoms with van der Waals surface area (Å²) in [6, 6.07) is -7.85. The van der Waals surface area contributed by atoms with Gasteiger partial charge in [0.1, 0.15) is 256 Å². The van der Waals surface area contributed by atoms with Gasteiger partial charge in [0.15, 0.2) is 62.9 Å². The first-order valence-electron chi connectivity index (χ1n) is 44.1. The summed E-state index contributed by atoms with van der Waals surface area (Å²) in [5, 5.41) is 368. The Morgan fingerprint density at radius 2 is 0.626 bits per heavy atom. The molecule has 0 saturated carbocycles. The van der Waals surface area contributed by atoms with Crippen molar-refractivity contribution < 1.29 is 287 Å². The van der Waals surface area contributed by atoms with Crippen LogP contribution in [0, 0.1) is 0 Å². The lowest BCUT2D eigenvalue weighted by Crippen LogP contribution is -2.71. The van der Waals surface area contributed by atoms with Gasteiger partial charge in [-0.1, -0.05) is 0 Å². The number of carbonyl (C=O) groups is 5. The van der Waals surface area contributed by atoms with E-state index in [1.54, 1.807) is 0 Å². The van der Waals surface area contributed by atoms with Gasteiger partial charge in [0.2, 0.25) is 23.6 Å². The van der Waals surface area contributed by atoms with E-state index in [0.717, 1.165) is 27.7 Å². The topological polar surface area (TPSA) is 975 Å². The summed E-state index contributed by atoms with van der Waals surface area (Å²) in [6.45, 7) is -6.86. The summed E-state index contributed by atoms with van der Waals surface area (Å²) in [7, 11) is 0. The Labute approximate surface area is 785 Å². The fourth-order valence-electron chi connectivity index (χ4n) is 17.9. The van der Waals surface area contributed by atoms with Gasteiger partial charge in [0.25, 0.3) is 5.79 Å². The van der Waals surface area contributed by atoms with Gasteiger partial charge >= 0.3 is 5.97 Å². The second-order valence-corrected chi connectivity index (χ2v) is 35.3. The molecule has 0 bridgehead atoms. The molecule has 139 heavy (non-hydrogen) atoms. The van der Waals surface area contributed by atoms with E-state index in [9.17, 15) is 187 Å². The maximum Gasteiger partial charge on any atom is 0.364 e. The first kappa shape index (κ1) is 115. The third-order valence-electron chi connectivity index (χ3n) is 25.5. The third-order valence-corrected chi connectivity index (χ3v) is 25.5. The van der Waals surface area contributed by atoms with Crippen LogP contribution in [-0.4, -0.2) is 602 Å². The molecule has 11 saturated heterocycles. The zero-order valence-corrected chi connectivity index (χ0v) is 74.5. The molecular weight excluding hydrogens is 1910 g/mol. The van der Waals surface area contributed by atoms with Crippen LogP contribution in [0.3, 0.4) is 0 Å². The number of carbonyl (C=O) groups excluding carboxylic acids is 4. The molecule has 62 nitrogen and oxygen atoms in total. The first-order valence-corrected chi connectivity index (χ1v) is 44.1. The largest absolute Gasteiger partial charge is 0.477 e. The number of aliphatic carboxylic acids is 1. The molecule has 11 rings (SSSR count). The Morgan fingerprint density at radius 1 is 0.309 bits per heavy atom. The van der Waals surface area contributed by atoms with Crippen LogP contribution in [0.5, 0.6) is 0 Å². The minimum atomic E-state index is -3.35. The van der Waals surface area contributed by atoms with Gasteiger partial charge in [-0.3, -0.25) is 19.2 Å². The number of nitrogens with one attached hydrogen (secondary N) is 4. The van der Waals surface area contributed by atoms with Gasteiger partial charge in [0, 0.05) is 34.1 Å². The normalized spacial score (nSPS) is 48.9. The highest BCUT2D eigenvalue weighted by Gasteiger charge is 2.65. The van der Waals surface area contributed by atoms with E-state index in [2.05, 4.69) is 21.3 Å². The summed E-state index contributed by atoms with van der Waals surface area (Å²) in [5.41, 5.74) is 0. The van der Waals surface area contributed by atoms with Crippen molar-refractivity contribution in [3.8, 4) is 0 Å². The molecule has 0 unspecified atom stereocenters. The number of carboxylic acid groups (broad SMARTS) is 1. The minimum absolute atomic E-state index is 0.838. The van der Waals surface area contributed by atoms with Gasteiger partial charge in [0.05, 0.1) is 84.3 Å². The molecule has 0 aliphatic carbocycles. The number of ether oxygens (including phenoxy) is 21. The molecule has 56 atom stereocenters. The lowest BCUT2D eigenvalue weighted by Gasteiger charge is -2.51. The average molecular weight is 2040 g/mol. The predicted octanol–water partition coefficient (Wildman–Crippen LogP) is -24.2. The molecule has 0 aromatic heterocycles. The first-order chi connectivity index (χ1) is 65.5. The van der Waals surface area contributed by atoms with Gasteiger partial charge in [-0.2, -0.15) is 0 Å². The van der Waals surface area contributed by atoms with Crippen LogP contribution in [0.1, 0.15) is 41.0 Å². The van der Waals surface area contributed by atoms with Crippen molar-refractivity contribution in [2.45, 2.75) is 384 Å². The highest BCUT2D eigenvalue weighted by atomic mass is 16.8. The zero-order chi connectivity index (χ0) is 103. The highest BCUT2D eigenvalue weighted by Crippen LogP contribution is 2.43. The molecular formula is C77H128N4O58. The maximum atomic E-state index is 13.3. The summed E-state index contributed by atoms with van der Waals surface area (Å²) in [5.74, 6) is -9.44. The average Bonchev–Trinajstić information content (AvgIpc) is 0.747. The Kier molecular flexibility index (Phi) is 40.7. The zero-order valence-electron chi connectivity index (χ0n) is 74.5. The Hall–Kier alpha value is -4.73. The highest BCUT2D eigenvalue weighted by molar-refractivity contribution is 5.77. The van der Waals surface area contributed by atoms with Crippen LogP contribution >= 0.6 is 0 Å². The number of carboxylic acids is 1. The molecule has 0 radical (unpaired) electrons. The second kappa shape index (κ2) is 49.4. The molecule has 11 aliphatic rings. The molecule has 0 spiro atoms. The lowest BCUT2D eigenvalue weighted by molar-refractivity contribution is -0.400. The van der Waals surface area contributed by atoms with Crippen LogP contribution in [0.4, 0.5) is 0 Å². The van der Waals surface area contributed by atoms with Crippen LogP contribution < -0.4 is 21.3 Å². The molecule has 804 valence electrons. The number of aliphatic hydroxyl groups excluding tert-OH is 31. The van der Waals surface area contributed by atoms with E-state index in [1.165, 1.54) is 6.92 Å². The molecule has 62 heteroatoms. The van der Waals surface area contributed by atoms with Crippen LogP contribution in [-0.2, 0) is 123 Å². The summed E-state index contributed by atoms with van der Waals surface area (Å²) in [6.07, 6.45) is -113. The van der Waals surface area contributed by atoms with Crippen molar-refractivity contribution in [2.24, 2.45) is 0 Å². The van der Waals surface area contributed by atoms with E-state index in [1.807, 2.05) is 0 Å². The lowest BCUT2D eigenvalue weighted by atomic mass is 9.88. The van der Waals surface area contributed by atoms with Crippen molar-refractivity contribution in [1.29, 1.82) is 0 Å². The fraction of sp³-hybridized carbons (Fsp3) is 0.935. The van der Waals surface area contributed by atoms with Crippen molar-refractivity contribution >= 4 is 29.6 Å². The van der Waals surface area contributed by atoms with Gasteiger partial charge in [-0.25, -0.2) is 4.79 Å². The van der Waals surface area contributed by atoms with Gasteiger partial charge < -0.3 is 284 Å². The van der Waals surface area contributed by atoms with Gasteiger partial charge in [-0.15, -0.1) is 0 Å². The van der Waals surface area contributed by atoms with Crippen molar-refractivity contribution in [1.82, 2.24) is 21.3 Å². The standard InChI is InChI=1S/C77H128N4O58/c1-17-37(95)48(106)52(110)69(122-17)121-16-32-60(45(103)34(66(116)123-32)79-19(3)90)132-67-35(80-20(4)91)46(104)58(28(12-87)128-67)133-73-56(114)63(44(102)31(131-73)15-120-71-55(113)62(135-72-54(112)50(108)40(98)25(9-84)125-72)43(101)30(130-71)14-119-70-53(111)49(107)39(97)24(8-83)124-70)136-75-65(51(109)41(99)26(10-85)127-75)137-68-36(81-21(5)92)47(105)59(29(13-88)129-68)134-74-57(115)64(42(100)27(11-86)126-74)139-77(76(117)118)6-22(93)33(78-18(2)89)61(138-77)38(96)23(94)7-82/h17,22-75,82-88,93-116H,6-16H2,1-5H3,(H,78,89)(H,79,90)(H,80,91)(H,81,92)(H,117,118)/t17-,22-,23+,24+,25+,26+,27+,28+,29+,30+,31+,32+,33+,34+,35+,36+,37+,38+,39+,40+,41+,42-,43+,44+,45+,46+,47+,48+,49-,50-,51-,52-,53-,54-,55-,56-,57+,58+,59+,60+,61+,62-,63-,64-,65-,66+,67-,68-,69+,70-,71-,72+,73-,74-,75+,77-/m0/s1. The van der Waals surface area contributed by atoms with Crippen LogP contribution in [0.2, 0.25) is 0 Å². The second-order valence-electron chi connectivity index (χ2n) is 35.3. The van der Waals surface area contributed by atoms with E-state index in [-0.39, 0.29) is 0 Å². The van der Waals surface area contributed by atoms with E-state index >= 15 is 0 Å². The van der Waals surface area contributed by atoms with E-state index < -0.39 is 445 Å². The Balaban J connectivity index is 0.920.